The molecule has 0 amide bonds. The van der Waals surface area contributed by atoms with Gasteiger partial charge in [0.05, 0.1) is 5.56 Å². The summed E-state index contributed by atoms with van der Waals surface area (Å²) >= 11 is 0. The van der Waals surface area contributed by atoms with Crippen LogP contribution in [0.3, 0.4) is 0 Å². The minimum Gasteiger partial charge on any atom is -0.633 e. The maximum Gasteiger partial charge on any atom is 1.00 e. The minimum atomic E-state index is -0.239. The Morgan fingerprint density at radius 3 is 1.96 bits per heavy atom. The van der Waals surface area contributed by atoms with Gasteiger partial charge >= 0.3 is 24.8 Å². The fraction of sp³-hybridized carbons (Fsp3) is 0.524. The number of unbranched alkanes of at least 4 members (excludes halogenated alkanes) is 1. The minimum absolute atomic E-state index is 0. The molecule has 0 heterocycles. The SMILES string of the molecule is C=CCC[CH-]OC(=O)c1c(C(C)C)cc(C(C)C)cc1C(C)C.[Li+]. The zero-order valence-corrected chi connectivity index (χ0v) is 16.5. The van der Waals surface area contributed by atoms with Crippen molar-refractivity contribution in [3.8, 4) is 0 Å². The van der Waals surface area contributed by atoms with Gasteiger partial charge in [0.25, 0.3) is 0 Å². The van der Waals surface area contributed by atoms with Gasteiger partial charge in [-0.05, 0) is 34.4 Å². The van der Waals surface area contributed by atoms with E-state index in [2.05, 4.69) is 60.3 Å². The molecule has 0 spiro atoms. The van der Waals surface area contributed by atoms with Crippen LogP contribution in [0.15, 0.2) is 24.8 Å². The molecule has 0 aromatic heterocycles. The van der Waals surface area contributed by atoms with Crippen LogP contribution < -0.4 is 18.9 Å². The summed E-state index contributed by atoms with van der Waals surface area (Å²) in [5.74, 6) is 0.759. The Labute approximate surface area is 160 Å². The quantitative estimate of drug-likeness (QED) is 0.241. The van der Waals surface area contributed by atoms with Crippen molar-refractivity contribution in [2.75, 3.05) is 0 Å². The van der Waals surface area contributed by atoms with Crippen molar-refractivity contribution in [3.05, 3.63) is 53.6 Å². The molecule has 0 saturated carbocycles. The monoisotopic (exact) mass is 322 g/mol. The molecule has 0 unspecified atom stereocenters. The standard InChI is InChI=1S/C21H31O2.Li/c1-8-9-10-11-23-21(22)20-18(15(4)5)12-17(14(2)3)13-19(20)16(6)7;/h8,11-16H,1,9-10H2,2-7H3;/q-1;+1. The van der Waals surface area contributed by atoms with E-state index in [9.17, 15) is 4.79 Å². The fourth-order valence-electron chi connectivity index (χ4n) is 2.57. The van der Waals surface area contributed by atoms with Crippen LogP contribution >= 0.6 is 0 Å². The Kier molecular flexibility index (Phi) is 10.4. The van der Waals surface area contributed by atoms with Crippen LogP contribution in [0.1, 0.15) is 99.2 Å². The molecule has 3 heteroatoms. The van der Waals surface area contributed by atoms with Crippen molar-refractivity contribution in [1.82, 2.24) is 0 Å². The second-order valence-corrected chi connectivity index (χ2v) is 6.98. The van der Waals surface area contributed by atoms with Crippen molar-refractivity contribution in [2.24, 2.45) is 0 Å². The van der Waals surface area contributed by atoms with E-state index < -0.39 is 0 Å². The van der Waals surface area contributed by atoms with E-state index in [0.717, 1.165) is 23.1 Å². The second kappa shape index (κ2) is 10.8. The predicted octanol–water partition coefficient (Wildman–Crippen LogP) is 3.35. The van der Waals surface area contributed by atoms with Crippen LogP contribution in [-0.2, 0) is 4.74 Å². The fourth-order valence-corrected chi connectivity index (χ4v) is 2.57. The number of hydrogen-bond donors (Lipinski definition) is 0. The maximum absolute atomic E-state index is 12.7. The van der Waals surface area contributed by atoms with Crippen LogP contribution in [0.4, 0.5) is 0 Å². The first-order chi connectivity index (χ1) is 10.8. The van der Waals surface area contributed by atoms with Gasteiger partial charge in [-0.25, -0.2) is 4.79 Å². The molecule has 0 bridgehead atoms. The number of benzene rings is 1. The number of allylic oxidation sites excluding steroid dienone is 1. The molecule has 0 fully saturated rings. The van der Waals surface area contributed by atoms with Gasteiger partial charge in [0.2, 0.25) is 0 Å². The zero-order chi connectivity index (χ0) is 17.6. The number of ether oxygens (including phenoxy) is 1. The first kappa shape index (κ1) is 23.0. The van der Waals surface area contributed by atoms with Crippen LogP contribution in [0.2, 0.25) is 0 Å². The maximum atomic E-state index is 12.7. The van der Waals surface area contributed by atoms with Crippen molar-refractivity contribution in [2.45, 2.75) is 72.1 Å². The first-order valence-electron chi connectivity index (χ1n) is 8.60. The first-order valence-corrected chi connectivity index (χ1v) is 8.60. The van der Waals surface area contributed by atoms with Gasteiger partial charge in [-0.3, -0.25) is 0 Å². The Morgan fingerprint density at radius 1 is 1.08 bits per heavy atom. The molecule has 0 radical (unpaired) electrons. The number of carbonyl (C=O) groups excluding carboxylic acids is 1. The topological polar surface area (TPSA) is 26.3 Å². The van der Waals surface area contributed by atoms with Crippen molar-refractivity contribution >= 4 is 5.97 Å². The third-order valence-corrected chi connectivity index (χ3v) is 4.02. The van der Waals surface area contributed by atoms with E-state index in [0.29, 0.717) is 12.3 Å². The normalized spacial score (nSPS) is 10.9. The number of rotatable bonds is 8. The third-order valence-electron chi connectivity index (χ3n) is 4.02. The average molecular weight is 322 g/mol. The van der Waals surface area contributed by atoms with Gasteiger partial charge in [-0.1, -0.05) is 66.2 Å². The zero-order valence-electron chi connectivity index (χ0n) is 16.5. The molecule has 2 nitrogen and oxygen atoms in total. The summed E-state index contributed by atoms with van der Waals surface area (Å²) in [7, 11) is 0. The van der Waals surface area contributed by atoms with Crippen LogP contribution in [0.5, 0.6) is 0 Å². The summed E-state index contributed by atoms with van der Waals surface area (Å²) in [6.45, 7) is 18.1. The Bertz CT molecular complexity index is 516. The Balaban J connectivity index is 0.00000529. The summed E-state index contributed by atoms with van der Waals surface area (Å²) < 4.78 is 5.40. The molecule has 24 heavy (non-hydrogen) atoms. The summed E-state index contributed by atoms with van der Waals surface area (Å²) in [4.78, 5) is 12.7. The molecule has 0 aliphatic heterocycles. The summed E-state index contributed by atoms with van der Waals surface area (Å²) in [5.41, 5.74) is 4.20. The molecular formula is C21H31LiO2. The van der Waals surface area contributed by atoms with Crippen LogP contribution in [0, 0.1) is 6.61 Å². The van der Waals surface area contributed by atoms with Crippen LogP contribution in [-0.4, -0.2) is 5.97 Å². The molecule has 0 aliphatic carbocycles. The van der Waals surface area contributed by atoms with E-state index in [1.807, 2.05) is 6.08 Å². The Hall–Kier alpha value is -0.973. The van der Waals surface area contributed by atoms with E-state index in [1.165, 1.54) is 5.56 Å². The van der Waals surface area contributed by atoms with Crippen molar-refractivity contribution < 1.29 is 28.4 Å². The average Bonchev–Trinajstić information content (AvgIpc) is 2.49. The molecule has 1 aromatic rings. The number of hydrogen-bond acceptors (Lipinski definition) is 2. The molecule has 128 valence electrons. The molecule has 0 saturated heterocycles. The van der Waals surface area contributed by atoms with Gasteiger partial charge < -0.3 is 4.74 Å². The smallest absolute Gasteiger partial charge is 0.633 e. The van der Waals surface area contributed by atoms with Gasteiger partial charge in [0, 0.05) is 0 Å². The third kappa shape index (κ3) is 6.15. The summed E-state index contributed by atoms with van der Waals surface area (Å²) in [5, 5.41) is 0. The predicted molar refractivity (Wildman–Crippen MR) is 97.9 cm³/mol. The van der Waals surface area contributed by atoms with Crippen molar-refractivity contribution in [1.29, 1.82) is 0 Å². The van der Waals surface area contributed by atoms with Gasteiger partial charge in [-0.15, -0.1) is 13.0 Å². The molecule has 0 atom stereocenters. The molecule has 1 aromatic carbocycles. The molecule has 1 rings (SSSR count). The van der Waals surface area contributed by atoms with Gasteiger partial charge in [0.15, 0.2) is 0 Å². The largest absolute Gasteiger partial charge is 1.00 e. The molecular weight excluding hydrogens is 291 g/mol. The summed E-state index contributed by atoms with van der Waals surface area (Å²) in [6.07, 6.45) is 3.34. The molecule has 0 aliphatic rings. The van der Waals surface area contributed by atoms with Crippen LogP contribution in [0.25, 0.3) is 0 Å². The van der Waals surface area contributed by atoms with Gasteiger partial charge in [-0.2, -0.15) is 6.61 Å². The Morgan fingerprint density at radius 2 is 1.58 bits per heavy atom. The van der Waals surface area contributed by atoms with Gasteiger partial charge in [0.1, 0.15) is 0 Å². The van der Waals surface area contributed by atoms with E-state index in [1.54, 1.807) is 6.61 Å². The number of carbonyl (C=O) groups is 1. The summed E-state index contributed by atoms with van der Waals surface area (Å²) in [6, 6.07) is 4.34. The number of esters is 1. The van der Waals surface area contributed by atoms with E-state index in [4.69, 9.17) is 4.74 Å². The van der Waals surface area contributed by atoms with E-state index >= 15 is 0 Å². The van der Waals surface area contributed by atoms with Crippen molar-refractivity contribution in [3.63, 3.8) is 0 Å². The van der Waals surface area contributed by atoms with E-state index in [-0.39, 0.29) is 36.7 Å². The molecule has 0 N–H and O–H groups in total. The second-order valence-electron chi connectivity index (χ2n) is 6.98.